The third kappa shape index (κ3) is 4.56. The van der Waals surface area contributed by atoms with Gasteiger partial charge < -0.3 is 0 Å². The van der Waals surface area contributed by atoms with Crippen molar-refractivity contribution in [3.05, 3.63) is 0 Å². The normalized spacial score (nSPS) is 27.4. The molecule has 0 aliphatic heterocycles. The van der Waals surface area contributed by atoms with Crippen LogP contribution in [-0.4, -0.2) is 18.4 Å². The molecule has 0 radical (unpaired) electrons. The number of rotatable bonds is 5. The molecular formula is C13H25O3PS. The molecule has 0 spiro atoms. The van der Waals surface area contributed by atoms with Crippen molar-refractivity contribution >= 4 is 18.2 Å². The van der Waals surface area contributed by atoms with E-state index in [1.807, 2.05) is 0 Å². The molecule has 2 aliphatic carbocycles. The Morgan fingerprint density at radius 2 is 1.39 bits per heavy atom. The molecule has 2 saturated carbocycles. The van der Waals surface area contributed by atoms with Crippen molar-refractivity contribution in [1.29, 1.82) is 0 Å². The fourth-order valence-corrected chi connectivity index (χ4v) is 5.05. The maximum atomic E-state index is 12.9. The van der Waals surface area contributed by atoms with Gasteiger partial charge in [0.1, 0.15) is 0 Å². The Morgan fingerprint density at radius 3 is 1.78 bits per heavy atom. The molecule has 0 N–H and O–H groups in total. The summed E-state index contributed by atoms with van der Waals surface area (Å²) in [7, 11) is 0. The summed E-state index contributed by atoms with van der Waals surface area (Å²) in [5.74, 6) is 0. The van der Waals surface area contributed by atoms with Crippen LogP contribution in [0.3, 0.4) is 0 Å². The van der Waals surface area contributed by atoms with Crippen molar-refractivity contribution in [3.63, 3.8) is 0 Å². The van der Waals surface area contributed by atoms with Crippen LogP contribution in [0.4, 0.5) is 0 Å². The van der Waals surface area contributed by atoms with Crippen LogP contribution in [0.1, 0.15) is 68.3 Å². The predicted octanol–water partition coefficient (Wildman–Crippen LogP) is 5.16. The molecular weight excluding hydrogens is 267 g/mol. The van der Waals surface area contributed by atoms with Gasteiger partial charge in [0.05, 0.1) is 12.2 Å². The minimum atomic E-state index is -3.62. The van der Waals surface area contributed by atoms with Gasteiger partial charge in [-0.25, -0.2) is 4.57 Å². The highest BCUT2D eigenvalue weighted by Gasteiger charge is 2.32. The first-order chi connectivity index (χ1) is 9.86. The molecule has 0 bridgehead atoms. The zero-order chi connectivity index (χ0) is 15.3. The Bertz CT molecular complexity index is 342. The average Bonchev–Trinajstić information content (AvgIpc) is 2.38. The molecule has 3 nitrogen and oxygen atoms in total. The van der Waals surface area contributed by atoms with Gasteiger partial charge >= 0.3 is 6.80 Å². The summed E-state index contributed by atoms with van der Waals surface area (Å²) in [5.41, 5.74) is 0. The summed E-state index contributed by atoms with van der Waals surface area (Å²) < 4.78 is 46.5. The monoisotopic (exact) mass is 295 g/mol. The van der Waals surface area contributed by atoms with Crippen molar-refractivity contribution in [1.82, 2.24) is 0 Å². The molecule has 2 rings (SSSR count). The van der Waals surface area contributed by atoms with Crippen LogP contribution in [0.25, 0.3) is 0 Å². The van der Waals surface area contributed by atoms with Gasteiger partial charge in [0, 0.05) is 4.11 Å². The molecule has 106 valence electrons. The Morgan fingerprint density at radius 1 is 0.944 bits per heavy atom. The lowest BCUT2D eigenvalue weighted by atomic mass is 9.98. The van der Waals surface area contributed by atoms with Crippen LogP contribution < -0.4 is 0 Å². The van der Waals surface area contributed by atoms with Gasteiger partial charge in [-0.1, -0.05) is 38.5 Å². The Balaban J connectivity index is 1.99. The highest BCUT2D eigenvalue weighted by molar-refractivity contribution is 8.54. The van der Waals surface area contributed by atoms with Crippen LogP contribution in [0, 0.1) is 0 Å². The van der Waals surface area contributed by atoms with E-state index in [2.05, 4.69) is 0 Å². The van der Waals surface area contributed by atoms with Crippen molar-refractivity contribution in [3.8, 4) is 0 Å². The van der Waals surface area contributed by atoms with Crippen molar-refractivity contribution in [2.24, 2.45) is 0 Å². The van der Waals surface area contributed by atoms with Crippen molar-refractivity contribution in [2.75, 3.05) is 6.18 Å². The largest absolute Gasteiger partial charge is 0.389 e. The SMILES string of the molecule is [2H]C([2H])([2H])SP(=O)(OC1CCCCC1)OC1CCCCC1. The molecule has 0 saturated heterocycles. The summed E-state index contributed by atoms with van der Waals surface area (Å²) >= 11 is 0.403. The fourth-order valence-electron chi connectivity index (χ4n) is 2.77. The van der Waals surface area contributed by atoms with Gasteiger partial charge in [0.15, 0.2) is 0 Å². The lowest BCUT2D eigenvalue weighted by molar-refractivity contribution is 0.0889. The van der Waals surface area contributed by atoms with Crippen molar-refractivity contribution in [2.45, 2.75) is 76.4 Å². The van der Waals surface area contributed by atoms with Gasteiger partial charge in [-0.05, 0) is 43.2 Å². The molecule has 0 aromatic heterocycles. The van der Waals surface area contributed by atoms with Crippen LogP contribution >= 0.6 is 18.2 Å². The third-order valence-corrected chi connectivity index (χ3v) is 6.30. The zero-order valence-electron chi connectivity index (χ0n) is 13.8. The van der Waals surface area contributed by atoms with E-state index in [9.17, 15) is 4.57 Å². The lowest BCUT2D eigenvalue weighted by Crippen LogP contribution is -2.19. The Kier molecular flexibility index (Phi) is 4.56. The van der Waals surface area contributed by atoms with Gasteiger partial charge in [0.25, 0.3) is 0 Å². The highest BCUT2D eigenvalue weighted by Crippen LogP contribution is 2.62. The lowest BCUT2D eigenvalue weighted by Gasteiger charge is -2.30. The summed E-state index contributed by atoms with van der Waals surface area (Å²) in [6.07, 6.45) is 7.31. The molecule has 0 aromatic carbocycles. The average molecular weight is 295 g/mol. The minimum Gasteiger partial charge on any atom is -0.297 e. The highest BCUT2D eigenvalue weighted by atomic mass is 32.7. The molecule has 0 atom stereocenters. The van der Waals surface area contributed by atoms with Crippen LogP contribution in [0.2, 0.25) is 0 Å². The zero-order valence-corrected chi connectivity index (χ0v) is 12.5. The Hall–Kier alpha value is 0.500. The first-order valence-corrected chi connectivity index (χ1v) is 10.0. The van der Waals surface area contributed by atoms with Gasteiger partial charge in [0.2, 0.25) is 0 Å². The van der Waals surface area contributed by atoms with E-state index in [4.69, 9.17) is 13.2 Å². The van der Waals surface area contributed by atoms with E-state index in [1.54, 1.807) is 0 Å². The molecule has 2 aliphatic rings. The topological polar surface area (TPSA) is 35.5 Å². The maximum absolute atomic E-state index is 12.9. The van der Waals surface area contributed by atoms with E-state index in [-0.39, 0.29) is 12.2 Å². The molecule has 0 heterocycles. The first-order valence-electron chi connectivity index (χ1n) is 8.54. The smallest absolute Gasteiger partial charge is 0.297 e. The van der Waals surface area contributed by atoms with E-state index in [0.717, 1.165) is 51.4 Å². The van der Waals surface area contributed by atoms with E-state index in [1.165, 1.54) is 12.8 Å². The second-order valence-electron chi connectivity index (χ2n) is 5.27. The van der Waals surface area contributed by atoms with Gasteiger partial charge in [-0.15, -0.1) is 0 Å². The van der Waals surface area contributed by atoms with Crippen molar-refractivity contribution < 1.29 is 17.7 Å². The summed E-state index contributed by atoms with van der Waals surface area (Å²) in [6, 6.07) is 0. The molecule has 0 amide bonds. The number of hydrogen-bond acceptors (Lipinski definition) is 4. The molecule has 0 aromatic rings. The molecule has 18 heavy (non-hydrogen) atoms. The van der Waals surface area contributed by atoms with Gasteiger partial charge in [-0.3, -0.25) is 9.05 Å². The predicted molar refractivity (Wildman–Crippen MR) is 77.0 cm³/mol. The summed E-state index contributed by atoms with van der Waals surface area (Å²) in [6.45, 7) is -3.62. The number of hydrogen-bond donors (Lipinski definition) is 0. The van der Waals surface area contributed by atoms with E-state index < -0.39 is 13.0 Å². The van der Waals surface area contributed by atoms with Crippen LogP contribution in [0.15, 0.2) is 0 Å². The molecule has 5 heteroatoms. The maximum Gasteiger partial charge on any atom is 0.389 e. The van der Waals surface area contributed by atoms with Crippen LogP contribution in [0.5, 0.6) is 0 Å². The second kappa shape index (κ2) is 7.33. The summed E-state index contributed by atoms with van der Waals surface area (Å²) in [4.78, 5) is 0. The third-order valence-electron chi connectivity index (χ3n) is 3.77. The Labute approximate surface area is 119 Å². The first kappa shape index (κ1) is 11.2. The molecule has 2 fully saturated rings. The van der Waals surface area contributed by atoms with E-state index in [0.29, 0.717) is 11.4 Å². The second-order valence-corrected chi connectivity index (χ2v) is 8.66. The summed E-state index contributed by atoms with van der Waals surface area (Å²) in [5, 5.41) is 0. The van der Waals surface area contributed by atoms with E-state index >= 15 is 0 Å². The van der Waals surface area contributed by atoms with Crippen LogP contribution in [-0.2, 0) is 13.6 Å². The standard InChI is InChI=1S/C13H25O3PS/c1-18-17(14,15-12-8-4-2-5-9-12)16-13-10-6-3-7-11-13/h12-13H,2-11H2,1H3/i1D3. The van der Waals surface area contributed by atoms with Gasteiger partial charge in [-0.2, -0.15) is 0 Å². The molecule has 0 unspecified atom stereocenters. The fraction of sp³-hybridized carbons (Fsp3) is 1.00. The quantitative estimate of drug-likeness (QED) is 0.657. The minimum absolute atomic E-state index is 0.122.